The summed E-state index contributed by atoms with van der Waals surface area (Å²) in [6, 6.07) is 9.78. The number of imide groups is 1. The lowest BCUT2D eigenvalue weighted by molar-refractivity contribution is -0.148. The number of methoxy groups -OCH3 is 1. The van der Waals surface area contributed by atoms with Gasteiger partial charge in [-0.1, -0.05) is 39.7 Å². The maximum atomic E-state index is 12.8. The highest BCUT2D eigenvalue weighted by Crippen LogP contribution is 2.39. The zero-order valence-corrected chi connectivity index (χ0v) is 21.3. The van der Waals surface area contributed by atoms with Gasteiger partial charge in [-0.3, -0.25) is 14.5 Å². The van der Waals surface area contributed by atoms with E-state index in [-0.39, 0.29) is 4.91 Å². The summed E-state index contributed by atoms with van der Waals surface area (Å²) < 4.78 is 17.0. The van der Waals surface area contributed by atoms with Crippen LogP contribution in [-0.2, 0) is 20.9 Å². The monoisotopic (exact) mass is 553 g/mol. The Morgan fingerprint density at radius 2 is 1.85 bits per heavy atom. The minimum absolute atomic E-state index is 0.189. The van der Waals surface area contributed by atoms with Crippen molar-refractivity contribution in [1.82, 2.24) is 4.90 Å². The van der Waals surface area contributed by atoms with E-state index >= 15 is 0 Å². The van der Waals surface area contributed by atoms with Crippen LogP contribution in [0.3, 0.4) is 0 Å². The summed E-state index contributed by atoms with van der Waals surface area (Å²) in [7, 11) is 1.21. The molecular formula is C23H21BrClNO6S. The van der Waals surface area contributed by atoms with Crippen molar-refractivity contribution in [2.45, 2.75) is 26.5 Å². The first-order valence-corrected chi connectivity index (χ1v) is 11.9. The summed E-state index contributed by atoms with van der Waals surface area (Å²) in [4.78, 5) is 38.0. The molecule has 2 amide bonds. The molecule has 0 bridgehead atoms. The summed E-state index contributed by atoms with van der Waals surface area (Å²) in [6.45, 7) is 4.02. The number of amides is 2. The van der Waals surface area contributed by atoms with Gasteiger partial charge < -0.3 is 14.2 Å². The molecule has 10 heteroatoms. The number of ether oxygens (including phenoxy) is 3. The lowest BCUT2D eigenvalue weighted by Gasteiger charge is -2.18. The largest absolute Gasteiger partial charge is 0.490 e. The van der Waals surface area contributed by atoms with Crippen LogP contribution in [0.1, 0.15) is 25.0 Å². The standard InChI is InChI=1S/C23H21BrClNO6S/c1-4-31-18-9-15(10-20-21(27)26(23(29)33-20)13(2)22(28)30-3)17(24)11-19(18)32-12-14-5-7-16(25)8-6-14/h5-11,13H,4,12H2,1-3H3/b20-10+/t13-/m1/s1. The maximum absolute atomic E-state index is 12.8. The Bertz CT molecular complexity index is 1100. The number of rotatable bonds is 8. The minimum atomic E-state index is -1.01. The van der Waals surface area contributed by atoms with Gasteiger partial charge in [0.15, 0.2) is 11.5 Å². The zero-order valence-electron chi connectivity index (χ0n) is 18.1. The fourth-order valence-corrected chi connectivity index (χ4v) is 4.48. The summed E-state index contributed by atoms with van der Waals surface area (Å²) in [6.07, 6.45) is 1.57. The summed E-state index contributed by atoms with van der Waals surface area (Å²) in [5.41, 5.74) is 1.56. The molecule has 0 saturated carbocycles. The number of carbonyl (C=O) groups is 3. The molecule has 7 nitrogen and oxygen atoms in total. The van der Waals surface area contributed by atoms with E-state index in [0.29, 0.717) is 39.8 Å². The number of carbonyl (C=O) groups excluding carboxylic acids is 3. The van der Waals surface area contributed by atoms with Crippen molar-refractivity contribution in [3.05, 3.63) is 61.9 Å². The van der Waals surface area contributed by atoms with E-state index in [9.17, 15) is 14.4 Å². The Balaban J connectivity index is 1.86. The SMILES string of the molecule is CCOc1cc(/C=C2/SC(=O)N([C@H](C)C(=O)OC)C2=O)c(Br)cc1OCc1ccc(Cl)cc1. The predicted molar refractivity (Wildman–Crippen MR) is 130 cm³/mol. The molecule has 1 heterocycles. The number of thioether (sulfide) groups is 1. The molecule has 1 fully saturated rings. The smallest absolute Gasteiger partial charge is 0.328 e. The van der Waals surface area contributed by atoms with E-state index in [1.54, 1.807) is 30.3 Å². The van der Waals surface area contributed by atoms with Gasteiger partial charge in [0.05, 0.1) is 18.6 Å². The molecule has 174 valence electrons. The molecule has 0 spiro atoms. The molecule has 1 aliphatic heterocycles. The van der Waals surface area contributed by atoms with Gasteiger partial charge in [0.25, 0.3) is 11.1 Å². The third-order valence-electron chi connectivity index (χ3n) is 4.71. The molecular weight excluding hydrogens is 534 g/mol. The predicted octanol–water partition coefficient (Wildman–Crippen LogP) is 5.68. The van der Waals surface area contributed by atoms with Crippen LogP contribution in [0.15, 0.2) is 45.8 Å². The van der Waals surface area contributed by atoms with Crippen LogP contribution in [0, 0.1) is 0 Å². The number of benzene rings is 2. The Morgan fingerprint density at radius 3 is 2.48 bits per heavy atom. The van der Waals surface area contributed by atoms with Gasteiger partial charge in [-0.2, -0.15) is 0 Å². The van der Waals surface area contributed by atoms with Gasteiger partial charge in [0, 0.05) is 9.50 Å². The molecule has 2 aromatic rings. The van der Waals surface area contributed by atoms with Gasteiger partial charge in [-0.15, -0.1) is 0 Å². The molecule has 0 N–H and O–H groups in total. The number of hydrogen-bond acceptors (Lipinski definition) is 7. The van der Waals surface area contributed by atoms with Crippen molar-refractivity contribution < 1.29 is 28.6 Å². The van der Waals surface area contributed by atoms with Crippen LogP contribution in [0.2, 0.25) is 5.02 Å². The van der Waals surface area contributed by atoms with Crippen LogP contribution in [-0.4, -0.2) is 41.8 Å². The van der Waals surface area contributed by atoms with Crippen molar-refractivity contribution in [3.8, 4) is 11.5 Å². The molecule has 2 aromatic carbocycles. The lowest BCUT2D eigenvalue weighted by atomic mass is 10.1. The summed E-state index contributed by atoms with van der Waals surface area (Å²) in [5, 5.41) is 0.111. The van der Waals surface area contributed by atoms with Gasteiger partial charge >= 0.3 is 5.97 Å². The topological polar surface area (TPSA) is 82.1 Å². The van der Waals surface area contributed by atoms with E-state index in [1.165, 1.54) is 14.0 Å². The van der Waals surface area contributed by atoms with E-state index in [1.807, 2.05) is 19.1 Å². The number of esters is 1. The highest BCUT2D eigenvalue weighted by Gasteiger charge is 2.41. The molecule has 1 aliphatic rings. The normalized spacial score (nSPS) is 15.7. The maximum Gasteiger partial charge on any atom is 0.328 e. The summed E-state index contributed by atoms with van der Waals surface area (Å²) in [5.74, 6) is -0.220. The zero-order chi connectivity index (χ0) is 24.1. The highest BCUT2D eigenvalue weighted by molar-refractivity contribution is 9.10. The molecule has 0 unspecified atom stereocenters. The number of nitrogens with zero attached hydrogens (tertiary/aromatic N) is 1. The van der Waals surface area contributed by atoms with Crippen LogP contribution >= 0.6 is 39.3 Å². The molecule has 0 aliphatic carbocycles. The first-order chi connectivity index (χ1) is 15.7. The Hall–Kier alpha value is -2.49. The fraction of sp³-hybridized carbons (Fsp3) is 0.261. The lowest BCUT2D eigenvalue weighted by Crippen LogP contribution is -2.42. The van der Waals surface area contributed by atoms with Crippen LogP contribution in [0.4, 0.5) is 4.79 Å². The fourth-order valence-electron chi connectivity index (χ4n) is 3.02. The van der Waals surface area contributed by atoms with Gasteiger partial charge in [0.1, 0.15) is 12.6 Å². The van der Waals surface area contributed by atoms with Gasteiger partial charge in [-0.25, -0.2) is 4.79 Å². The summed E-state index contributed by atoms with van der Waals surface area (Å²) >= 11 is 10.2. The second-order valence-corrected chi connectivity index (χ2v) is 9.20. The van der Waals surface area contributed by atoms with Crippen molar-refractivity contribution in [3.63, 3.8) is 0 Å². The third-order valence-corrected chi connectivity index (χ3v) is 6.53. The molecule has 0 radical (unpaired) electrons. The van der Waals surface area contributed by atoms with Crippen molar-refractivity contribution in [2.75, 3.05) is 13.7 Å². The number of halogens is 2. The quantitative estimate of drug-likeness (QED) is 0.307. The van der Waals surface area contributed by atoms with E-state index in [2.05, 4.69) is 20.7 Å². The highest BCUT2D eigenvalue weighted by atomic mass is 79.9. The average Bonchev–Trinajstić information content (AvgIpc) is 3.07. The van der Waals surface area contributed by atoms with Crippen LogP contribution in [0.25, 0.3) is 6.08 Å². The Kier molecular flexibility index (Phi) is 8.45. The molecule has 33 heavy (non-hydrogen) atoms. The second kappa shape index (κ2) is 11.1. The first kappa shape index (κ1) is 25.1. The van der Waals surface area contributed by atoms with E-state index in [4.69, 9.17) is 21.1 Å². The minimum Gasteiger partial charge on any atom is -0.490 e. The van der Waals surface area contributed by atoms with Gasteiger partial charge in [-0.05, 0) is 67.1 Å². The van der Waals surface area contributed by atoms with E-state index < -0.39 is 23.2 Å². The first-order valence-electron chi connectivity index (χ1n) is 9.93. The van der Waals surface area contributed by atoms with E-state index in [0.717, 1.165) is 22.2 Å². The van der Waals surface area contributed by atoms with Crippen LogP contribution < -0.4 is 9.47 Å². The van der Waals surface area contributed by atoms with Crippen LogP contribution in [0.5, 0.6) is 11.5 Å². The Morgan fingerprint density at radius 1 is 1.18 bits per heavy atom. The molecule has 3 rings (SSSR count). The van der Waals surface area contributed by atoms with Crippen molar-refractivity contribution in [1.29, 1.82) is 0 Å². The van der Waals surface area contributed by atoms with Gasteiger partial charge in [0.2, 0.25) is 0 Å². The molecule has 1 atom stereocenters. The van der Waals surface area contributed by atoms with Crippen molar-refractivity contribution >= 4 is 62.5 Å². The number of hydrogen-bond donors (Lipinski definition) is 0. The second-order valence-electron chi connectivity index (χ2n) is 6.92. The molecule has 1 saturated heterocycles. The van der Waals surface area contributed by atoms with Crippen molar-refractivity contribution in [2.24, 2.45) is 0 Å². The third kappa shape index (κ3) is 5.90. The molecule has 0 aromatic heterocycles. The average molecular weight is 555 g/mol. The Labute approximate surface area is 209 Å².